The van der Waals surface area contributed by atoms with E-state index in [9.17, 15) is 22.9 Å². The van der Waals surface area contributed by atoms with E-state index in [0.29, 0.717) is 6.54 Å². The molecule has 0 atom stereocenters. The van der Waals surface area contributed by atoms with Gasteiger partial charge in [0.15, 0.2) is 0 Å². The summed E-state index contributed by atoms with van der Waals surface area (Å²) in [7, 11) is -3.89. The molecule has 0 aliphatic carbocycles. The van der Waals surface area contributed by atoms with Gasteiger partial charge in [0.05, 0.1) is 9.82 Å². The van der Waals surface area contributed by atoms with Crippen LogP contribution < -0.4 is 0 Å². The second-order valence-electron chi connectivity index (χ2n) is 5.18. The molecule has 0 radical (unpaired) electrons. The van der Waals surface area contributed by atoms with Crippen LogP contribution in [0.2, 0.25) is 0 Å². The quantitative estimate of drug-likeness (QED) is 0.596. The van der Waals surface area contributed by atoms with Crippen molar-refractivity contribution >= 4 is 15.7 Å². The Labute approximate surface area is 123 Å². The van der Waals surface area contributed by atoms with Crippen molar-refractivity contribution in [2.45, 2.75) is 32.6 Å². The largest absolute Gasteiger partial charge is 0.306 e. The zero-order valence-electron chi connectivity index (χ0n) is 12.5. The van der Waals surface area contributed by atoms with Crippen molar-refractivity contribution in [3.63, 3.8) is 0 Å². The maximum atomic E-state index is 13.5. The van der Waals surface area contributed by atoms with Crippen molar-refractivity contribution in [1.29, 1.82) is 0 Å². The Morgan fingerprint density at radius 3 is 2.38 bits per heavy atom. The van der Waals surface area contributed by atoms with E-state index >= 15 is 0 Å². The van der Waals surface area contributed by atoms with Crippen molar-refractivity contribution in [1.82, 2.24) is 4.31 Å². The Kier molecular flexibility index (Phi) is 5.41. The summed E-state index contributed by atoms with van der Waals surface area (Å²) in [5, 5.41) is 10.8. The van der Waals surface area contributed by atoms with Gasteiger partial charge in [-0.15, -0.1) is 0 Å². The predicted octanol–water partition coefficient (Wildman–Crippen LogP) is 2.71. The number of benzene rings is 1. The van der Waals surface area contributed by atoms with Crippen LogP contribution in [0.25, 0.3) is 0 Å². The van der Waals surface area contributed by atoms with E-state index in [0.717, 1.165) is 12.1 Å². The van der Waals surface area contributed by atoms with Crippen LogP contribution in [0, 0.1) is 28.8 Å². The van der Waals surface area contributed by atoms with Gasteiger partial charge in [-0.2, -0.15) is 8.70 Å². The third kappa shape index (κ3) is 3.76. The van der Waals surface area contributed by atoms with Crippen molar-refractivity contribution in [3.05, 3.63) is 33.6 Å². The van der Waals surface area contributed by atoms with Gasteiger partial charge in [0.1, 0.15) is 0 Å². The maximum Gasteiger partial charge on any atom is 0.306 e. The average Bonchev–Trinajstić information content (AvgIpc) is 2.34. The lowest BCUT2D eigenvalue weighted by atomic mass is 10.2. The van der Waals surface area contributed by atoms with Crippen molar-refractivity contribution in [2.75, 3.05) is 13.1 Å². The Hall–Kier alpha value is -1.54. The van der Waals surface area contributed by atoms with E-state index in [1.165, 1.54) is 11.2 Å². The van der Waals surface area contributed by atoms with Crippen LogP contribution >= 0.6 is 0 Å². The Bertz CT molecular complexity index is 644. The zero-order valence-corrected chi connectivity index (χ0v) is 13.3. The molecular formula is C13H19FN2O4S. The molecule has 1 aromatic rings. The van der Waals surface area contributed by atoms with Gasteiger partial charge in [0.25, 0.3) is 0 Å². The highest BCUT2D eigenvalue weighted by Crippen LogP contribution is 2.27. The molecule has 0 saturated carbocycles. The highest BCUT2D eigenvalue weighted by molar-refractivity contribution is 7.89. The Morgan fingerprint density at radius 1 is 1.38 bits per heavy atom. The monoisotopic (exact) mass is 318 g/mol. The molecule has 0 heterocycles. The van der Waals surface area contributed by atoms with E-state index in [4.69, 9.17) is 0 Å². The first-order valence-electron chi connectivity index (χ1n) is 6.55. The van der Waals surface area contributed by atoms with Crippen molar-refractivity contribution in [3.8, 4) is 0 Å². The molecule has 0 saturated heterocycles. The normalized spacial score (nSPS) is 12.1. The predicted molar refractivity (Wildman–Crippen MR) is 77.1 cm³/mol. The molecule has 1 rings (SSSR count). The lowest BCUT2D eigenvalue weighted by Gasteiger charge is -2.23. The molecule has 0 aromatic heterocycles. The van der Waals surface area contributed by atoms with Crippen LogP contribution in [-0.4, -0.2) is 30.7 Å². The number of nitro groups is 1. The lowest BCUT2D eigenvalue weighted by Crippen LogP contribution is -2.34. The maximum absolute atomic E-state index is 13.5. The van der Waals surface area contributed by atoms with Gasteiger partial charge in [-0.1, -0.05) is 20.8 Å². The Balaban J connectivity index is 3.43. The Morgan fingerprint density at radius 2 is 1.95 bits per heavy atom. The number of hydrogen-bond acceptors (Lipinski definition) is 4. The number of rotatable bonds is 6. The molecule has 0 bridgehead atoms. The summed E-state index contributed by atoms with van der Waals surface area (Å²) < 4.78 is 39.9. The number of halogens is 1. The van der Waals surface area contributed by atoms with Gasteiger partial charge >= 0.3 is 5.69 Å². The molecule has 0 unspecified atom stereocenters. The summed E-state index contributed by atoms with van der Waals surface area (Å²) in [5.41, 5.74) is -0.680. The molecule has 0 aliphatic heterocycles. The van der Waals surface area contributed by atoms with Gasteiger partial charge in [-0.25, -0.2) is 8.42 Å². The van der Waals surface area contributed by atoms with E-state index in [1.807, 2.05) is 13.8 Å². The summed E-state index contributed by atoms with van der Waals surface area (Å²) in [6.45, 7) is 7.39. The second-order valence-corrected chi connectivity index (χ2v) is 7.08. The molecule has 6 nitrogen and oxygen atoms in total. The first-order valence-corrected chi connectivity index (χ1v) is 8.00. The minimum Gasteiger partial charge on any atom is -0.258 e. The first kappa shape index (κ1) is 17.5. The van der Waals surface area contributed by atoms with Crippen LogP contribution in [0.1, 0.15) is 26.3 Å². The fourth-order valence-electron chi connectivity index (χ4n) is 2.00. The topological polar surface area (TPSA) is 80.5 Å². The number of aryl methyl sites for hydroxylation is 1. The van der Waals surface area contributed by atoms with Crippen LogP contribution in [0.15, 0.2) is 17.0 Å². The third-order valence-electron chi connectivity index (χ3n) is 2.98. The van der Waals surface area contributed by atoms with Gasteiger partial charge in [-0.05, 0) is 24.5 Å². The standard InChI is InChI=1S/C13H19FN2O4S/c1-5-15(8-9(2)3)21(19,20)13-7-12(16(17)18)11(14)6-10(13)4/h6-7,9H,5,8H2,1-4H3. The minimum atomic E-state index is -3.89. The van der Waals surface area contributed by atoms with Gasteiger partial charge in [-0.3, -0.25) is 10.1 Å². The molecule has 0 spiro atoms. The number of hydrogen-bond donors (Lipinski definition) is 0. The molecule has 118 valence electrons. The first-order chi connectivity index (χ1) is 9.61. The number of nitrogens with zero attached hydrogens (tertiary/aromatic N) is 2. The molecule has 0 aliphatic rings. The van der Waals surface area contributed by atoms with Gasteiger partial charge in [0.2, 0.25) is 15.8 Å². The fourth-order valence-corrected chi connectivity index (χ4v) is 3.84. The highest BCUT2D eigenvalue weighted by atomic mass is 32.2. The van der Waals surface area contributed by atoms with Crippen LogP contribution in [0.5, 0.6) is 0 Å². The van der Waals surface area contributed by atoms with Crippen LogP contribution in [0.4, 0.5) is 10.1 Å². The fraction of sp³-hybridized carbons (Fsp3) is 0.538. The third-order valence-corrected chi connectivity index (χ3v) is 5.06. The smallest absolute Gasteiger partial charge is 0.258 e. The lowest BCUT2D eigenvalue weighted by molar-refractivity contribution is -0.387. The van der Waals surface area contributed by atoms with Crippen molar-refractivity contribution < 1.29 is 17.7 Å². The average molecular weight is 318 g/mol. The minimum absolute atomic E-state index is 0.107. The van der Waals surface area contributed by atoms with E-state index in [1.54, 1.807) is 6.92 Å². The van der Waals surface area contributed by atoms with Crippen LogP contribution in [-0.2, 0) is 10.0 Å². The summed E-state index contributed by atoms with van der Waals surface area (Å²) in [4.78, 5) is 9.64. The van der Waals surface area contributed by atoms with E-state index < -0.39 is 26.5 Å². The van der Waals surface area contributed by atoms with Gasteiger partial charge in [0, 0.05) is 19.2 Å². The van der Waals surface area contributed by atoms with Gasteiger partial charge < -0.3 is 0 Å². The van der Waals surface area contributed by atoms with E-state index in [-0.39, 0.29) is 22.9 Å². The summed E-state index contributed by atoms with van der Waals surface area (Å²) in [5.74, 6) is -0.932. The number of nitro benzene ring substituents is 1. The SMILES string of the molecule is CCN(CC(C)C)S(=O)(=O)c1cc([N+](=O)[O-])c(F)cc1C. The summed E-state index contributed by atoms with van der Waals surface area (Å²) >= 11 is 0. The summed E-state index contributed by atoms with van der Waals surface area (Å²) in [6, 6.07) is 1.68. The second kappa shape index (κ2) is 6.48. The van der Waals surface area contributed by atoms with Crippen LogP contribution in [0.3, 0.4) is 0 Å². The molecule has 0 fully saturated rings. The molecular weight excluding hydrogens is 299 g/mol. The number of sulfonamides is 1. The molecule has 1 aromatic carbocycles. The van der Waals surface area contributed by atoms with Crippen molar-refractivity contribution in [2.24, 2.45) is 5.92 Å². The molecule has 0 amide bonds. The summed E-state index contributed by atoms with van der Waals surface area (Å²) in [6.07, 6.45) is 0. The zero-order chi connectivity index (χ0) is 16.4. The highest BCUT2D eigenvalue weighted by Gasteiger charge is 2.29. The van der Waals surface area contributed by atoms with E-state index in [2.05, 4.69) is 0 Å². The molecule has 0 N–H and O–H groups in total. The molecule has 8 heteroatoms. The molecule has 21 heavy (non-hydrogen) atoms.